The van der Waals surface area contributed by atoms with E-state index < -0.39 is 17.7 Å². The van der Waals surface area contributed by atoms with Crippen molar-refractivity contribution in [3.8, 4) is 11.4 Å². The van der Waals surface area contributed by atoms with Gasteiger partial charge < -0.3 is 4.74 Å². The number of esters is 1. The van der Waals surface area contributed by atoms with Gasteiger partial charge in [-0.05, 0) is 43.3 Å². The van der Waals surface area contributed by atoms with Crippen LogP contribution in [0.3, 0.4) is 0 Å². The lowest BCUT2D eigenvalue weighted by Gasteiger charge is -2.09. The van der Waals surface area contributed by atoms with Crippen LogP contribution >= 0.6 is 11.3 Å². The van der Waals surface area contributed by atoms with Crippen LogP contribution in [0.1, 0.15) is 20.9 Å². The number of halogens is 3. The number of carbonyl (C=O) groups excluding carboxylic acids is 1. The minimum atomic E-state index is -4.45. The highest BCUT2D eigenvalue weighted by atomic mass is 32.1. The number of aryl methyl sites for hydroxylation is 1. The van der Waals surface area contributed by atoms with Gasteiger partial charge in [-0.25, -0.2) is 9.48 Å². The molecule has 0 aliphatic rings. The third-order valence-corrected chi connectivity index (χ3v) is 5.21. The number of rotatable bonds is 3. The number of hydrogen-bond acceptors (Lipinski definition) is 4. The molecule has 142 valence electrons. The maximum absolute atomic E-state index is 13.0. The highest BCUT2D eigenvalue weighted by molar-refractivity contribution is 7.20. The number of alkyl halides is 3. The van der Waals surface area contributed by atoms with E-state index in [1.54, 1.807) is 43.3 Å². The summed E-state index contributed by atoms with van der Waals surface area (Å²) in [5.74, 6) is -0.108. The van der Waals surface area contributed by atoms with Crippen molar-refractivity contribution in [2.24, 2.45) is 0 Å². The second-order valence-electron chi connectivity index (χ2n) is 6.08. The van der Waals surface area contributed by atoms with E-state index in [2.05, 4.69) is 5.10 Å². The van der Waals surface area contributed by atoms with Crippen molar-refractivity contribution in [2.45, 2.75) is 13.1 Å². The molecule has 0 fully saturated rings. The molecule has 0 saturated carbocycles. The minimum Gasteiger partial charge on any atom is -0.422 e. The Labute approximate surface area is 161 Å². The zero-order valence-corrected chi connectivity index (χ0v) is 15.3. The molecule has 2 heterocycles. The molecule has 0 bridgehead atoms. The molecule has 0 spiro atoms. The molecule has 0 saturated heterocycles. The Bertz CT molecular complexity index is 1160. The average Bonchev–Trinajstić information content (AvgIpc) is 3.23. The van der Waals surface area contributed by atoms with Crippen LogP contribution in [0.15, 0.2) is 60.7 Å². The summed E-state index contributed by atoms with van der Waals surface area (Å²) in [7, 11) is 0. The summed E-state index contributed by atoms with van der Waals surface area (Å²) in [4.78, 5) is 13.4. The second-order valence-corrected chi connectivity index (χ2v) is 7.11. The Morgan fingerprint density at radius 3 is 2.54 bits per heavy atom. The minimum absolute atomic E-state index is 0.276. The Morgan fingerprint density at radius 1 is 1.07 bits per heavy atom. The molecule has 0 unspecified atom stereocenters. The molecule has 8 heteroatoms. The Balaban J connectivity index is 1.73. The topological polar surface area (TPSA) is 44.1 Å². The molecular formula is C20H13F3N2O2S. The first-order chi connectivity index (χ1) is 13.3. The van der Waals surface area contributed by atoms with Gasteiger partial charge in [0.15, 0.2) is 0 Å². The summed E-state index contributed by atoms with van der Waals surface area (Å²) in [6, 6.07) is 15.2. The van der Waals surface area contributed by atoms with Gasteiger partial charge in [0.05, 0.1) is 16.9 Å². The number of ether oxygens (including phenoxy) is 1. The number of hydrogen-bond donors (Lipinski definition) is 0. The SMILES string of the molecule is Cc1nn(-c2cccc(C(F)(F)F)c2)c2sc(C(=O)Oc3ccccc3)cc12. The van der Waals surface area contributed by atoms with Crippen molar-refractivity contribution in [1.29, 1.82) is 0 Å². The lowest BCUT2D eigenvalue weighted by atomic mass is 10.2. The van der Waals surface area contributed by atoms with Gasteiger partial charge in [-0.3, -0.25) is 0 Å². The summed E-state index contributed by atoms with van der Waals surface area (Å²) in [5.41, 5.74) is 0.131. The summed E-state index contributed by atoms with van der Waals surface area (Å²) in [6.45, 7) is 1.74. The number of benzene rings is 2. The van der Waals surface area contributed by atoms with Gasteiger partial charge in [-0.1, -0.05) is 24.3 Å². The lowest BCUT2D eigenvalue weighted by Crippen LogP contribution is -2.07. The predicted molar refractivity (Wildman–Crippen MR) is 100 cm³/mol. The monoisotopic (exact) mass is 402 g/mol. The number of thiophene rings is 1. The van der Waals surface area contributed by atoms with Crippen LogP contribution in [0.4, 0.5) is 13.2 Å². The Kier molecular flexibility index (Phi) is 4.43. The number of fused-ring (bicyclic) bond motifs is 1. The fourth-order valence-electron chi connectivity index (χ4n) is 2.78. The van der Waals surface area contributed by atoms with Crippen LogP contribution in [0.5, 0.6) is 5.75 Å². The smallest absolute Gasteiger partial charge is 0.416 e. The Hall–Kier alpha value is -3.13. The average molecular weight is 402 g/mol. The fourth-order valence-corrected chi connectivity index (χ4v) is 3.84. The molecule has 0 aliphatic heterocycles. The van der Waals surface area contributed by atoms with E-state index in [4.69, 9.17) is 4.74 Å². The first-order valence-corrected chi connectivity index (χ1v) is 9.08. The van der Waals surface area contributed by atoms with Gasteiger partial charge in [0, 0.05) is 5.39 Å². The molecule has 4 aromatic rings. The molecule has 2 aromatic carbocycles. The zero-order chi connectivity index (χ0) is 19.9. The van der Waals surface area contributed by atoms with E-state index in [0.717, 1.165) is 23.5 Å². The quantitative estimate of drug-likeness (QED) is 0.329. The van der Waals surface area contributed by atoms with E-state index in [9.17, 15) is 18.0 Å². The third kappa shape index (κ3) is 3.38. The zero-order valence-electron chi connectivity index (χ0n) is 14.5. The van der Waals surface area contributed by atoms with Gasteiger partial charge >= 0.3 is 12.1 Å². The third-order valence-electron chi connectivity index (χ3n) is 4.12. The van der Waals surface area contributed by atoms with Crippen LogP contribution in [0.25, 0.3) is 15.9 Å². The summed E-state index contributed by atoms with van der Waals surface area (Å²) < 4.78 is 45.9. The number of carbonyl (C=O) groups is 1. The van der Waals surface area contributed by atoms with Crippen LogP contribution in [0, 0.1) is 6.92 Å². The van der Waals surface area contributed by atoms with E-state index in [0.29, 0.717) is 26.5 Å². The Morgan fingerprint density at radius 2 is 1.82 bits per heavy atom. The highest BCUT2D eigenvalue weighted by Crippen LogP contribution is 2.34. The lowest BCUT2D eigenvalue weighted by molar-refractivity contribution is -0.137. The molecule has 2 aromatic heterocycles. The van der Waals surface area contributed by atoms with E-state index in [-0.39, 0.29) is 5.69 Å². The number of nitrogens with zero attached hydrogens (tertiary/aromatic N) is 2. The molecule has 0 aliphatic carbocycles. The van der Waals surface area contributed by atoms with Gasteiger partial charge in [0.25, 0.3) is 0 Å². The van der Waals surface area contributed by atoms with Crippen molar-refractivity contribution < 1.29 is 22.7 Å². The van der Waals surface area contributed by atoms with Crippen LogP contribution in [0.2, 0.25) is 0 Å². The summed E-state index contributed by atoms with van der Waals surface area (Å²) >= 11 is 1.12. The number of aromatic nitrogens is 2. The molecule has 0 atom stereocenters. The molecule has 0 N–H and O–H groups in total. The van der Waals surface area contributed by atoms with E-state index in [1.165, 1.54) is 10.7 Å². The standard InChI is InChI=1S/C20H13F3N2O2S/c1-12-16-11-17(19(26)27-15-8-3-2-4-9-15)28-18(16)25(24-12)14-7-5-6-13(10-14)20(21,22)23/h2-11H,1H3. The van der Waals surface area contributed by atoms with E-state index in [1.807, 2.05) is 6.07 Å². The molecular weight excluding hydrogens is 389 g/mol. The van der Waals surface area contributed by atoms with Gasteiger partial charge in [-0.2, -0.15) is 18.3 Å². The van der Waals surface area contributed by atoms with Crippen molar-refractivity contribution in [2.75, 3.05) is 0 Å². The van der Waals surface area contributed by atoms with Crippen molar-refractivity contribution in [1.82, 2.24) is 9.78 Å². The number of para-hydroxylation sites is 1. The summed E-state index contributed by atoms with van der Waals surface area (Å²) in [6.07, 6.45) is -4.45. The van der Waals surface area contributed by atoms with Crippen LogP contribution < -0.4 is 4.74 Å². The van der Waals surface area contributed by atoms with Gasteiger partial charge in [0.2, 0.25) is 0 Å². The van der Waals surface area contributed by atoms with Crippen molar-refractivity contribution >= 4 is 27.5 Å². The second kappa shape index (κ2) is 6.79. The first-order valence-electron chi connectivity index (χ1n) is 8.27. The summed E-state index contributed by atoms with van der Waals surface area (Å²) in [5, 5.41) is 5.03. The molecule has 0 amide bonds. The largest absolute Gasteiger partial charge is 0.422 e. The maximum Gasteiger partial charge on any atom is 0.416 e. The predicted octanol–water partition coefficient (Wildman–Crippen LogP) is 5.63. The van der Waals surface area contributed by atoms with Gasteiger partial charge in [0.1, 0.15) is 15.5 Å². The van der Waals surface area contributed by atoms with Crippen molar-refractivity contribution in [3.63, 3.8) is 0 Å². The van der Waals surface area contributed by atoms with Crippen molar-refractivity contribution in [3.05, 3.63) is 76.8 Å². The van der Waals surface area contributed by atoms with E-state index >= 15 is 0 Å². The highest BCUT2D eigenvalue weighted by Gasteiger charge is 2.31. The fraction of sp³-hybridized carbons (Fsp3) is 0.100. The molecule has 4 nitrogen and oxygen atoms in total. The first kappa shape index (κ1) is 18.2. The normalized spacial score (nSPS) is 11.7. The van der Waals surface area contributed by atoms with Gasteiger partial charge in [-0.15, -0.1) is 11.3 Å². The van der Waals surface area contributed by atoms with Crippen LogP contribution in [-0.4, -0.2) is 15.7 Å². The maximum atomic E-state index is 13.0. The van der Waals surface area contributed by atoms with Crippen LogP contribution in [-0.2, 0) is 6.18 Å². The molecule has 4 rings (SSSR count). The molecule has 28 heavy (non-hydrogen) atoms. The molecule has 0 radical (unpaired) electrons.